The normalized spacial score (nSPS) is 25.6. The van der Waals surface area contributed by atoms with Crippen molar-refractivity contribution in [3.8, 4) is 0 Å². The van der Waals surface area contributed by atoms with Gasteiger partial charge in [0.25, 0.3) is 0 Å². The number of nitrogens with two attached hydrogens (primary N) is 1. The number of hydrogen-bond donors (Lipinski definition) is 1. The first-order chi connectivity index (χ1) is 7.14. The fraction of sp³-hybridized carbons (Fsp3) is 0.250. The third-order valence-corrected chi connectivity index (χ3v) is 3.10. The molecule has 15 heavy (non-hydrogen) atoms. The van der Waals surface area contributed by atoms with Crippen LogP contribution in [0.2, 0.25) is 5.02 Å². The zero-order valence-corrected chi connectivity index (χ0v) is 9.00. The minimum atomic E-state index is -0.937. The molecule has 2 nitrogen and oxygen atoms in total. The minimum Gasteiger partial charge on any atom is -0.315 e. The highest BCUT2D eigenvalue weighted by Crippen LogP contribution is 2.33. The molecule has 78 valence electrons. The van der Waals surface area contributed by atoms with E-state index in [0.717, 1.165) is 12.0 Å². The highest BCUT2D eigenvalue weighted by molar-refractivity contribution is 6.31. The van der Waals surface area contributed by atoms with E-state index in [4.69, 9.17) is 17.3 Å². The van der Waals surface area contributed by atoms with Crippen molar-refractivity contribution >= 4 is 17.4 Å². The van der Waals surface area contributed by atoms with Crippen molar-refractivity contribution in [1.29, 1.82) is 0 Å². The molecule has 1 aromatic carbocycles. The van der Waals surface area contributed by atoms with E-state index in [-0.39, 0.29) is 5.78 Å². The van der Waals surface area contributed by atoms with Crippen LogP contribution in [0.5, 0.6) is 0 Å². The van der Waals surface area contributed by atoms with Crippen LogP contribution in [0.25, 0.3) is 0 Å². The predicted molar refractivity (Wildman–Crippen MR) is 60.7 cm³/mol. The van der Waals surface area contributed by atoms with Gasteiger partial charge in [-0.1, -0.05) is 35.9 Å². The Balaban J connectivity index is 2.50. The molecule has 0 unspecified atom stereocenters. The van der Waals surface area contributed by atoms with Crippen molar-refractivity contribution in [3.63, 3.8) is 0 Å². The van der Waals surface area contributed by atoms with Crippen molar-refractivity contribution in [1.82, 2.24) is 0 Å². The van der Waals surface area contributed by atoms with E-state index in [9.17, 15) is 4.79 Å². The summed E-state index contributed by atoms with van der Waals surface area (Å²) in [7, 11) is 0. The van der Waals surface area contributed by atoms with Gasteiger partial charge < -0.3 is 5.73 Å². The lowest BCUT2D eigenvalue weighted by Gasteiger charge is -2.30. The summed E-state index contributed by atoms with van der Waals surface area (Å²) in [5.41, 5.74) is 5.93. The van der Waals surface area contributed by atoms with Crippen molar-refractivity contribution < 1.29 is 4.79 Å². The van der Waals surface area contributed by atoms with Crippen LogP contribution < -0.4 is 5.73 Å². The Labute approximate surface area is 93.7 Å². The Hall–Kier alpha value is -1.12. The fourth-order valence-electron chi connectivity index (χ4n) is 1.86. The highest BCUT2D eigenvalue weighted by Gasteiger charge is 2.36. The first-order valence-electron chi connectivity index (χ1n) is 4.89. The molecule has 0 aromatic heterocycles. The van der Waals surface area contributed by atoms with Gasteiger partial charge >= 0.3 is 0 Å². The summed E-state index contributed by atoms with van der Waals surface area (Å²) in [4.78, 5) is 11.8. The van der Waals surface area contributed by atoms with E-state index in [2.05, 4.69) is 0 Å². The number of hydrogen-bond acceptors (Lipinski definition) is 2. The van der Waals surface area contributed by atoms with Crippen molar-refractivity contribution in [2.24, 2.45) is 5.73 Å². The van der Waals surface area contributed by atoms with Crippen molar-refractivity contribution in [3.05, 3.63) is 47.0 Å². The number of carbonyl (C=O) groups excluding carboxylic acids is 1. The minimum absolute atomic E-state index is 0.0677. The zero-order chi connectivity index (χ0) is 10.9. The molecule has 0 saturated carbocycles. The summed E-state index contributed by atoms with van der Waals surface area (Å²) >= 11 is 6.06. The SMILES string of the molecule is N[C@@]1(c2ccccc2Cl)CCC=CC1=O. The van der Waals surface area contributed by atoms with Crippen molar-refractivity contribution in [2.75, 3.05) is 0 Å². The van der Waals surface area contributed by atoms with E-state index < -0.39 is 5.54 Å². The smallest absolute Gasteiger partial charge is 0.179 e. The van der Waals surface area contributed by atoms with Gasteiger partial charge in [0.05, 0.1) is 0 Å². The van der Waals surface area contributed by atoms with Crippen LogP contribution in [0.3, 0.4) is 0 Å². The van der Waals surface area contributed by atoms with Crippen LogP contribution in [0.1, 0.15) is 18.4 Å². The Morgan fingerprint density at radius 1 is 1.33 bits per heavy atom. The van der Waals surface area contributed by atoms with Crippen LogP contribution in [-0.2, 0) is 10.3 Å². The first kappa shape index (κ1) is 10.4. The summed E-state index contributed by atoms with van der Waals surface area (Å²) in [6.07, 6.45) is 4.83. The molecule has 0 fully saturated rings. The number of carbonyl (C=O) groups is 1. The Morgan fingerprint density at radius 3 is 2.73 bits per heavy atom. The standard InChI is InChI=1S/C12H12ClNO/c13-10-6-2-1-5-9(10)12(14)8-4-3-7-11(12)15/h1-3,5-7H,4,8,14H2/t12-/m1/s1. The maximum Gasteiger partial charge on any atom is 0.179 e. The number of benzene rings is 1. The maximum atomic E-state index is 11.8. The van der Waals surface area contributed by atoms with E-state index in [1.807, 2.05) is 24.3 Å². The second-order valence-electron chi connectivity index (χ2n) is 3.76. The Kier molecular flexibility index (Phi) is 2.63. The molecule has 0 heterocycles. The van der Waals surface area contributed by atoms with Gasteiger partial charge in [0.1, 0.15) is 5.54 Å². The molecule has 0 spiro atoms. The van der Waals surface area contributed by atoms with Gasteiger partial charge in [-0.2, -0.15) is 0 Å². The lowest BCUT2D eigenvalue weighted by atomic mass is 9.79. The lowest BCUT2D eigenvalue weighted by Crippen LogP contribution is -2.45. The Bertz CT molecular complexity index is 427. The molecule has 2 N–H and O–H groups in total. The summed E-state index contributed by atoms with van der Waals surface area (Å²) in [5, 5.41) is 0.559. The molecule has 1 aliphatic rings. The highest BCUT2D eigenvalue weighted by atomic mass is 35.5. The van der Waals surface area contributed by atoms with Crippen LogP contribution >= 0.6 is 11.6 Å². The second kappa shape index (κ2) is 3.80. The topological polar surface area (TPSA) is 43.1 Å². The molecule has 0 saturated heterocycles. The van der Waals surface area contributed by atoms with Gasteiger partial charge in [0.2, 0.25) is 0 Å². The van der Waals surface area contributed by atoms with E-state index in [0.29, 0.717) is 11.4 Å². The largest absolute Gasteiger partial charge is 0.315 e. The lowest BCUT2D eigenvalue weighted by molar-refractivity contribution is -0.120. The molecule has 0 bridgehead atoms. The van der Waals surface area contributed by atoms with Crippen LogP contribution in [-0.4, -0.2) is 5.78 Å². The average Bonchev–Trinajstić information content (AvgIpc) is 2.23. The molecule has 1 aliphatic carbocycles. The molecule has 0 amide bonds. The molecular formula is C12H12ClNO. The third kappa shape index (κ3) is 1.71. The molecule has 2 rings (SSSR count). The summed E-state index contributed by atoms with van der Waals surface area (Å²) in [6.45, 7) is 0. The van der Waals surface area contributed by atoms with E-state index in [1.165, 1.54) is 0 Å². The molecule has 1 aromatic rings. The van der Waals surface area contributed by atoms with Gasteiger partial charge in [-0.25, -0.2) is 0 Å². The number of rotatable bonds is 1. The number of ketones is 1. The van der Waals surface area contributed by atoms with Gasteiger partial charge in [-0.3, -0.25) is 4.79 Å². The number of halogens is 1. The molecule has 3 heteroatoms. The fourth-order valence-corrected chi connectivity index (χ4v) is 2.17. The first-order valence-corrected chi connectivity index (χ1v) is 5.27. The van der Waals surface area contributed by atoms with Gasteiger partial charge in [0.15, 0.2) is 5.78 Å². The van der Waals surface area contributed by atoms with Gasteiger partial charge in [-0.15, -0.1) is 0 Å². The molecule has 0 radical (unpaired) electrons. The molecule has 0 aliphatic heterocycles. The molecule has 1 atom stereocenters. The summed E-state index contributed by atoms with van der Waals surface area (Å²) < 4.78 is 0. The van der Waals surface area contributed by atoms with Crippen LogP contribution in [0, 0.1) is 0 Å². The second-order valence-corrected chi connectivity index (χ2v) is 4.16. The maximum absolute atomic E-state index is 11.8. The summed E-state index contributed by atoms with van der Waals surface area (Å²) in [6, 6.07) is 7.26. The number of allylic oxidation sites excluding steroid dienone is 1. The van der Waals surface area contributed by atoms with E-state index in [1.54, 1.807) is 12.1 Å². The summed E-state index contributed by atoms with van der Waals surface area (Å²) in [5.74, 6) is -0.0677. The van der Waals surface area contributed by atoms with Gasteiger partial charge in [0, 0.05) is 5.02 Å². The molecular weight excluding hydrogens is 210 g/mol. The monoisotopic (exact) mass is 221 g/mol. The van der Waals surface area contributed by atoms with E-state index >= 15 is 0 Å². The quantitative estimate of drug-likeness (QED) is 0.792. The average molecular weight is 222 g/mol. The zero-order valence-electron chi connectivity index (χ0n) is 8.24. The van der Waals surface area contributed by atoms with Crippen molar-refractivity contribution in [2.45, 2.75) is 18.4 Å². The van der Waals surface area contributed by atoms with Crippen LogP contribution in [0.4, 0.5) is 0 Å². The van der Waals surface area contributed by atoms with Gasteiger partial charge in [-0.05, 0) is 30.5 Å². The predicted octanol–water partition coefficient (Wildman–Crippen LogP) is 2.41. The Morgan fingerprint density at radius 2 is 2.07 bits per heavy atom. The van der Waals surface area contributed by atoms with Crippen LogP contribution in [0.15, 0.2) is 36.4 Å². The third-order valence-electron chi connectivity index (χ3n) is 2.77.